The van der Waals surface area contributed by atoms with Gasteiger partial charge in [0.1, 0.15) is 0 Å². The van der Waals surface area contributed by atoms with Gasteiger partial charge in [0.05, 0.1) is 0 Å². The standard InChI is InChI=1S/C10H9FO6/c1-4-7(12)15-10(11,16-8(13)5-2)17-9(14)6-3/h4-6H,1-3H2. The van der Waals surface area contributed by atoms with Crippen molar-refractivity contribution in [3.63, 3.8) is 0 Å². The van der Waals surface area contributed by atoms with E-state index in [0.29, 0.717) is 18.2 Å². The van der Waals surface area contributed by atoms with Crippen molar-refractivity contribution in [2.75, 3.05) is 0 Å². The van der Waals surface area contributed by atoms with Gasteiger partial charge < -0.3 is 14.2 Å². The molecule has 6 nitrogen and oxygen atoms in total. The topological polar surface area (TPSA) is 78.9 Å². The van der Waals surface area contributed by atoms with E-state index in [1.807, 2.05) is 0 Å². The van der Waals surface area contributed by atoms with Gasteiger partial charge in [-0.05, 0) is 0 Å². The Morgan fingerprint density at radius 2 is 1.06 bits per heavy atom. The number of hydrogen-bond acceptors (Lipinski definition) is 6. The molecule has 92 valence electrons. The molecule has 0 fully saturated rings. The van der Waals surface area contributed by atoms with Crippen molar-refractivity contribution in [3.05, 3.63) is 38.0 Å². The fraction of sp³-hybridized carbons (Fsp3) is 0.100. The third kappa shape index (κ3) is 5.26. The summed E-state index contributed by atoms with van der Waals surface area (Å²) < 4.78 is 25.4. The highest BCUT2D eigenvalue weighted by molar-refractivity contribution is 5.84. The van der Waals surface area contributed by atoms with Crippen molar-refractivity contribution in [1.29, 1.82) is 0 Å². The van der Waals surface area contributed by atoms with Crippen molar-refractivity contribution in [1.82, 2.24) is 0 Å². The zero-order valence-corrected chi connectivity index (χ0v) is 8.68. The van der Waals surface area contributed by atoms with Crippen molar-refractivity contribution >= 4 is 17.9 Å². The van der Waals surface area contributed by atoms with Crippen molar-refractivity contribution in [2.24, 2.45) is 0 Å². The molecule has 0 unspecified atom stereocenters. The van der Waals surface area contributed by atoms with Crippen LogP contribution in [0.5, 0.6) is 0 Å². The van der Waals surface area contributed by atoms with Crippen LogP contribution in [0.2, 0.25) is 0 Å². The van der Waals surface area contributed by atoms with Gasteiger partial charge >= 0.3 is 24.1 Å². The Morgan fingerprint density at radius 1 is 0.824 bits per heavy atom. The molecule has 0 aliphatic heterocycles. The van der Waals surface area contributed by atoms with E-state index in [2.05, 4.69) is 33.9 Å². The van der Waals surface area contributed by atoms with E-state index in [0.717, 1.165) is 0 Å². The average Bonchev–Trinajstić information content (AvgIpc) is 2.27. The van der Waals surface area contributed by atoms with Gasteiger partial charge in [-0.2, -0.15) is 0 Å². The summed E-state index contributed by atoms with van der Waals surface area (Å²) in [5, 5.41) is 0. The molecule has 0 saturated heterocycles. The minimum Gasteiger partial charge on any atom is -0.356 e. The van der Waals surface area contributed by atoms with Crippen molar-refractivity contribution in [2.45, 2.75) is 6.23 Å². The smallest absolute Gasteiger partial charge is 0.356 e. The molecule has 0 radical (unpaired) electrons. The first kappa shape index (κ1) is 14.6. The second-order valence-corrected chi connectivity index (χ2v) is 2.36. The normalized spacial score (nSPS) is 9.71. The summed E-state index contributed by atoms with van der Waals surface area (Å²) >= 11 is 0. The molecule has 0 aliphatic carbocycles. The molecule has 0 saturated carbocycles. The molecule has 0 aromatic carbocycles. The zero-order valence-electron chi connectivity index (χ0n) is 8.68. The Morgan fingerprint density at radius 3 is 1.24 bits per heavy atom. The summed E-state index contributed by atoms with van der Waals surface area (Å²) in [4.78, 5) is 32.3. The van der Waals surface area contributed by atoms with Crippen LogP contribution in [0.3, 0.4) is 0 Å². The molecule has 7 heteroatoms. The highest BCUT2D eigenvalue weighted by atomic mass is 19.2. The summed E-state index contributed by atoms with van der Waals surface area (Å²) in [5.74, 6) is -3.91. The molecule has 0 heterocycles. The molecular weight excluding hydrogens is 235 g/mol. The maximum absolute atomic E-state index is 13.6. The molecular formula is C10H9FO6. The highest BCUT2D eigenvalue weighted by Crippen LogP contribution is 2.19. The Balaban J connectivity index is 4.90. The molecule has 0 N–H and O–H groups in total. The van der Waals surface area contributed by atoms with E-state index in [-0.39, 0.29) is 0 Å². The largest absolute Gasteiger partial charge is 0.605 e. The van der Waals surface area contributed by atoms with Gasteiger partial charge in [0.25, 0.3) is 0 Å². The predicted molar refractivity (Wildman–Crippen MR) is 52.7 cm³/mol. The van der Waals surface area contributed by atoms with Gasteiger partial charge in [0.2, 0.25) is 0 Å². The predicted octanol–water partition coefficient (Wildman–Crippen LogP) is 0.755. The average molecular weight is 244 g/mol. The lowest BCUT2D eigenvalue weighted by atomic mass is 10.6. The monoisotopic (exact) mass is 244 g/mol. The summed E-state index contributed by atoms with van der Waals surface area (Å²) in [6.07, 6.45) is -1.95. The third-order valence-electron chi connectivity index (χ3n) is 1.17. The van der Waals surface area contributed by atoms with Crippen LogP contribution in [0.25, 0.3) is 0 Å². The number of ether oxygens (including phenoxy) is 3. The van der Waals surface area contributed by atoms with Crippen molar-refractivity contribution < 1.29 is 33.0 Å². The summed E-state index contributed by atoms with van der Waals surface area (Å²) in [7, 11) is 0. The quantitative estimate of drug-likeness (QED) is 0.390. The number of esters is 3. The number of carbonyl (C=O) groups is 3. The van der Waals surface area contributed by atoms with E-state index < -0.39 is 24.1 Å². The second-order valence-electron chi connectivity index (χ2n) is 2.36. The van der Waals surface area contributed by atoms with E-state index in [9.17, 15) is 18.8 Å². The number of hydrogen-bond donors (Lipinski definition) is 0. The van der Waals surface area contributed by atoms with Crippen LogP contribution in [0.1, 0.15) is 0 Å². The molecule has 17 heavy (non-hydrogen) atoms. The maximum Gasteiger partial charge on any atom is 0.605 e. The van der Waals surface area contributed by atoms with Crippen LogP contribution in [0.15, 0.2) is 38.0 Å². The Bertz CT molecular complexity index is 318. The van der Waals surface area contributed by atoms with Crippen LogP contribution in [0.4, 0.5) is 4.39 Å². The highest BCUT2D eigenvalue weighted by Gasteiger charge is 2.44. The van der Waals surface area contributed by atoms with Crippen LogP contribution < -0.4 is 0 Å². The number of rotatable bonds is 6. The van der Waals surface area contributed by atoms with Crippen molar-refractivity contribution in [3.8, 4) is 0 Å². The first-order chi connectivity index (χ1) is 7.86. The Hall–Kier alpha value is -2.44. The minimum atomic E-state index is -3.69. The summed E-state index contributed by atoms with van der Waals surface area (Å²) in [5.41, 5.74) is 0. The first-order valence-corrected chi connectivity index (χ1v) is 4.12. The van der Waals surface area contributed by atoms with Crippen LogP contribution in [-0.2, 0) is 28.6 Å². The summed E-state index contributed by atoms with van der Waals surface area (Å²) in [6, 6.07) is 0. The maximum atomic E-state index is 13.6. The van der Waals surface area contributed by atoms with E-state index in [1.54, 1.807) is 0 Å². The van der Waals surface area contributed by atoms with Gasteiger partial charge in [0, 0.05) is 18.2 Å². The number of halogens is 1. The lowest BCUT2D eigenvalue weighted by Gasteiger charge is -2.20. The van der Waals surface area contributed by atoms with E-state index >= 15 is 0 Å². The third-order valence-corrected chi connectivity index (χ3v) is 1.17. The lowest BCUT2D eigenvalue weighted by Crippen LogP contribution is -2.39. The molecule has 0 aromatic rings. The van der Waals surface area contributed by atoms with Gasteiger partial charge in [-0.15, -0.1) is 4.39 Å². The van der Waals surface area contributed by atoms with Crippen LogP contribution in [-0.4, -0.2) is 24.1 Å². The fourth-order valence-corrected chi connectivity index (χ4v) is 0.548. The molecule has 0 atom stereocenters. The first-order valence-electron chi connectivity index (χ1n) is 4.12. The van der Waals surface area contributed by atoms with Gasteiger partial charge in [0.15, 0.2) is 0 Å². The van der Waals surface area contributed by atoms with Crippen LogP contribution in [0, 0.1) is 0 Å². The number of carbonyl (C=O) groups excluding carboxylic acids is 3. The van der Waals surface area contributed by atoms with Gasteiger partial charge in [-0.25, -0.2) is 14.4 Å². The fourth-order valence-electron chi connectivity index (χ4n) is 0.548. The van der Waals surface area contributed by atoms with Gasteiger partial charge in [-0.1, -0.05) is 19.7 Å². The minimum absolute atomic E-state index is 0.581. The van der Waals surface area contributed by atoms with E-state index in [1.165, 1.54) is 0 Å². The Kier molecular flexibility index (Phi) is 5.32. The molecule has 0 rings (SSSR count). The van der Waals surface area contributed by atoms with Crippen LogP contribution >= 0.6 is 0 Å². The Labute approximate surface area is 95.9 Å². The SMILES string of the molecule is C=CC(=O)OC(F)(OC(=O)C=C)OC(=O)C=C. The number of alkyl halides is 1. The van der Waals surface area contributed by atoms with E-state index in [4.69, 9.17) is 0 Å². The zero-order chi connectivity index (χ0) is 13.5. The van der Waals surface area contributed by atoms with Gasteiger partial charge in [-0.3, -0.25) is 0 Å². The molecule has 0 aromatic heterocycles. The lowest BCUT2D eigenvalue weighted by molar-refractivity contribution is -0.391. The molecule has 0 spiro atoms. The summed E-state index contributed by atoms with van der Waals surface area (Å²) in [6.45, 7) is 8.94. The molecule has 0 aliphatic rings. The second kappa shape index (κ2) is 6.21. The molecule has 0 amide bonds. The molecule has 0 bridgehead atoms.